The average molecular weight is 192 g/mol. The molecule has 1 atom stereocenters. The monoisotopic (exact) mass is 192 g/mol. The number of aromatic hydroxyl groups is 2. The van der Waals surface area contributed by atoms with Crippen LogP contribution in [0.4, 0.5) is 0 Å². The minimum absolute atomic E-state index is 0.00370. The first-order chi connectivity index (χ1) is 6.52. The Morgan fingerprint density at radius 1 is 1.36 bits per heavy atom. The predicted molar refractivity (Wildman–Crippen MR) is 51.9 cm³/mol. The number of phenolic OH excluding ortho intramolecular Hbond substituents is 2. The molecule has 0 aliphatic heterocycles. The Labute approximate surface area is 82.0 Å². The van der Waals surface area contributed by atoms with Crippen LogP contribution in [0.1, 0.15) is 40.7 Å². The number of carbonyl (C=O) groups excluding carboxylic acids is 1. The van der Waals surface area contributed by atoms with Crippen LogP contribution in [0.3, 0.4) is 0 Å². The second-order valence-corrected chi connectivity index (χ2v) is 3.88. The molecule has 1 aliphatic rings. The maximum Gasteiger partial charge on any atom is 0.163 e. The molecule has 0 saturated heterocycles. The number of rotatable bonds is 0. The lowest BCUT2D eigenvalue weighted by atomic mass is 9.99. The molecule has 2 N–H and O–H groups in total. The summed E-state index contributed by atoms with van der Waals surface area (Å²) in [6.45, 7) is 3.55. The van der Waals surface area contributed by atoms with Gasteiger partial charge in [0.25, 0.3) is 0 Å². The van der Waals surface area contributed by atoms with Gasteiger partial charge >= 0.3 is 0 Å². The Morgan fingerprint density at radius 3 is 2.64 bits per heavy atom. The number of aryl methyl sites for hydroxylation is 1. The highest BCUT2D eigenvalue weighted by atomic mass is 16.3. The molecular formula is C11H12O3. The highest BCUT2D eigenvalue weighted by molar-refractivity contribution is 6.02. The van der Waals surface area contributed by atoms with Crippen LogP contribution in [-0.2, 0) is 0 Å². The third-order valence-corrected chi connectivity index (χ3v) is 2.79. The van der Waals surface area contributed by atoms with Crippen molar-refractivity contribution in [1.82, 2.24) is 0 Å². The van der Waals surface area contributed by atoms with Crippen molar-refractivity contribution in [3.8, 4) is 11.5 Å². The van der Waals surface area contributed by atoms with Crippen LogP contribution < -0.4 is 0 Å². The molecule has 14 heavy (non-hydrogen) atoms. The molecule has 0 aromatic heterocycles. The molecule has 0 amide bonds. The summed E-state index contributed by atoms with van der Waals surface area (Å²) in [5.74, 6) is -0.182. The van der Waals surface area contributed by atoms with E-state index >= 15 is 0 Å². The Morgan fingerprint density at radius 2 is 2.00 bits per heavy atom. The van der Waals surface area contributed by atoms with Gasteiger partial charge in [0.05, 0.1) is 0 Å². The van der Waals surface area contributed by atoms with Gasteiger partial charge < -0.3 is 10.2 Å². The number of hydrogen-bond donors (Lipinski definition) is 2. The summed E-state index contributed by atoms with van der Waals surface area (Å²) in [7, 11) is 0. The molecule has 0 heterocycles. The SMILES string of the molecule is Cc1cc2c(c(O)c1O)C(C)CC2=O. The average Bonchev–Trinajstić information content (AvgIpc) is 2.38. The first-order valence-corrected chi connectivity index (χ1v) is 4.61. The Hall–Kier alpha value is -1.51. The molecule has 2 rings (SSSR count). The number of carbonyl (C=O) groups is 1. The number of fused-ring (bicyclic) bond motifs is 1. The summed E-state index contributed by atoms with van der Waals surface area (Å²) in [6.07, 6.45) is 0.422. The molecule has 74 valence electrons. The summed E-state index contributed by atoms with van der Waals surface area (Å²) in [5, 5.41) is 19.2. The maximum absolute atomic E-state index is 11.5. The quantitative estimate of drug-likeness (QED) is 0.619. The maximum atomic E-state index is 11.5. The van der Waals surface area contributed by atoms with Gasteiger partial charge in [0.1, 0.15) is 0 Å². The van der Waals surface area contributed by atoms with Crippen molar-refractivity contribution in [2.24, 2.45) is 0 Å². The van der Waals surface area contributed by atoms with Gasteiger partial charge in [-0.2, -0.15) is 0 Å². The molecule has 0 saturated carbocycles. The van der Waals surface area contributed by atoms with Gasteiger partial charge in [-0.05, 0) is 24.5 Å². The lowest BCUT2D eigenvalue weighted by Gasteiger charge is -2.09. The van der Waals surface area contributed by atoms with E-state index in [1.54, 1.807) is 13.0 Å². The summed E-state index contributed by atoms with van der Waals surface area (Å²) in [4.78, 5) is 11.5. The van der Waals surface area contributed by atoms with Crippen LogP contribution in [-0.4, -0.2) is 16.0 Å². The molecule has 0 fully saturated rings. The van der Waals surface area contributed by atoms with Crippen LogP contribution >= 0.6 is 0 Å². The van der Waals surface area contributed by atoms with Crippen molar-refractivity contribution >= 4 is 5.78 Å². The van der Waals surface area contributed by atoms with E-state index in [0.29, 0.717) is 23.1 Å². The molecule has 1 aliphatic carbocycles. The smallest absolute Gasteiger partial charge is 0.163 e. The molecule has 1 aromatic rings. The lowest BCUT2D eigenvalue weighted by Crippen LogP contribution is -1.92. The van der Waals surface area contributed by atoms with Gasteiger partial charge in [-0.25, -0.2) is 0 Å². The van der Waals surface area contributed by atoms with Crippen molar-refractivity contribution in [1.29, 1.82) is 0 Å². The van der Waals surface area contributed by atoms with Crippen LogP contribution in [0, 0.1) is 6.92 Å². The number of Topliss-reactive ketones (excluding diaryl/α,β-unsaturated/α-hetero) is 1. The molecule has 0 radical (unpaired) electrons. The Bertz CT molecular complexity index is 421. The van der Waals surface area contributed by atoms with E-state index in [4.69, 9.17) is 0 Å². The number of hydrogen-bond acceptors (Lipinski definition) is 3. The van der Waals surface area contributed by atoms with E-state index in [9.17, 15) is 15.0 Å². The van der Waals surface area contributed by atoms with Crippen LogP contribution in [0.5, 0.6) is 11.5 Å². The number of benzene rings is 1. The van der Waals surface area contributed by atoms with Crippen molar-refractivity contribution < 1.29 is 15.0 Å². The lowest BCUT2D eigenvalue weighted by molar-refractivity contribution is 0.0990. The van der Waals surface area contributed by atoms with Crippen molar-refractivity contribution in [3.63, 3.8) is 0 Å². The van der Waals surface area contributed by atoms with Crippen molar-refractivity contribution in [2.75, 3.05) is 0 Å². The van der Waals surface area contributed by atoms with Crippen LogP contribution in [0.25, 0.3) is 0 Å². The first kappa shape index (κ1) is 9.06. The number of phenols is 2. The topological polar surface area (TPSA) is 57.5 Å². The van der Waals surface area contributed by atoms with Crippen molar-refractivity contribution in [2.45, 2.75) is 26.2 Å². The Balaban J connectivity index is 2.76. The van der Waals surface area contributed by atoms with E-state index < -0.39 is 0 Å². The normalized spacial score (nSPS) is 19.9. The van der Waals surface area contributed by atoms with Gasteiger partial charge in [0, 0.05) is 17.5 Å². The molecular weight excluding hydrogens is 180 g/mol. The predicted octanol–water partition coefficient (Wildman–Crippen LogP) is 2.10. The summed E-state index contributed by atoms with van der Waals surface area (Å²) < 4.78 is 0. The van der Waals surface area contributed by atoms with Gasteiger partial charge in [-0.1, -0.05) is 6.92 Å². The highest BCUT2D eigenvalue weighted by Crippen LogP contribution is 2.44. The van der Waals surface area contributed by atoms with E-state index in [-0.39, 0.29) is 23.2 Å². The Kier molecular flexibility index (Phi) is 1.77. The van der Waals surface area contributed by atoms with E-state index in [0.717, 1.165) is 0 Å². The molecule has 0 bridgehead atoms. The second-order valence-electron chi connectivity index (χ2n) is 3.88. The van der Waals surface area contributed by atoms with Crippen LogP contribution in [0.15, 0.2) is 6.07 Å². The molecule has 1 aromatic carbocycles. The molecule has 1 unspecified atom stereocenters. The van der Waals surface area contributed by atoms with Crippen LogP contribution in [0.2, 0.25) is 0 Å². The van der Waals surface area contributed by atoms with Gasteiger partial charge in [0.2, 0.25) is 0 Å². The standard InChI is InChI=1S/C11H12O3/c1-5-4-8(12)7-3-6(2)10(13)11(14)9(5)7/h3,5,13-14H,4H2,1-2H3. The van der Waals surface area contributed by atoms with Crippen molar-refractivity contribution in [3.05, 3.63) is 22.8 Å². The molecule has 3 heteroatoms. The van der Waals surface area contributed by atoms with E-state index in [1.807, 2.05) is 6.92 Å². The minimum atomic E-state index is -0.127. The largest absolute Gasteiger partial charge is 0.504 e. The fraction of sp³-hybridized carbons (Fsp3) is 0.364. The van der Waals surface area contributed by atoms with Gasteiger partial charge in [0.15, 0.2) is 17.3 Å². The number of ketones is 1. The fourth-order valence-electron chi connectivity index (χ4n) is 2.02. The third kappa shape index (κ3) is 1.02. The highest BCUT2D eigenvalue weighted by Gasteiger charge is 2.31. The fourth-order valence-corrected chi connectivity index (χ4v) is 2.02. The minimum Gasteiger partial charge on any atom is -0.504 e. The molecule has 0 spiro atoms. The summed E-state index contributed by atoms with van der Waals surface area (Å²) in [5.41, 5.74) is 1.70. The zero-order valence-corrected chi connectivity index (χ0v) is 8.16. The zero-order chi connectivity index (χ0) is 10.5. The van der Waals surface area contributed by atoms with Gasteiger partial charge in [-0.3, -0.25) is 4.79 Å². The van der Waals surface area contributed by atoms with E-state index in [1.165, 1.54) is 0 Å². The second kappa shape index (κ2) is 2.74. The van der Waals surface area contributed by atoms with Gasteiger partial charge in [-0.15, -0.1) is 0 Å². The summed E-state index contributed by atoms with van der Waals surface area (Å²) >= 11 is 0. The first-order valence-electron chi connectivity index (χ1n) is 4.61. The zero-order valence-electron chi connectivity index (χ0n) is 8.16. The molecule has 3 nitrogen and oxygen atoms in total. The summed E-state index contributed by atoms with van der Waals surface area (Å²) in [6, 6.07) is 1.65. The van der Waals surface area contributed by atoms with E-state index in [2.05, 4.69) is 0 Å². The third-order valence-electron chi connectivity index (χ3n) is 2.79.